The van der Waals surface area contributed by atoms with Gasteiger partial charge in [0.15, 0.2) is 0 Å². The highest BCUT2D eigenvalue weighted by molar-refractivity contribution is 4.91. The van der Waals surface area contributed by atoms with Crippen LogP contribution in [-0.4, -0.2) is 29.2 Å². The first-order chi connectivity index (χ1) is 5.70. The third kappa shape index (κ3) is 3.77. The van der Waals surface area contributed by atoms with E-state index in [1.54, 1.807) is 0 Å². The van der Waals surface area contributed by atoms with E-state index in [2.05, 4.69) is 11.5 Å². The predicted molar refractivity (Wildman–Crippen MR) is 53.0 cm³/mol. The van der Waals surface area contributed by atoms with E-state index < -0.39 is 0 Å². The molecule has 12 heavy (non-hydrogen) atoms. The third-order valence-corrected chi connectivity index (χ3v) is 1.94. The standard InChI is InChI=1S/C8H15NO.C2H6/c1-7(2)9-5-3-4-8(10)6-9;1-2/h8,10H,1,3-6H2,2H3;1-2H3. The molecular formula is C10H21NO. The van der Waals surface area contributed by atoms with E-state index >= 15 is 0 Å². The van der Waals surface area contributed by atoms with Crippen LogP contribution in [0.5, 0.6) is 0 Å². The fraction of sp³-hybridized carbons (Fsp3) is 0.800. The summed E-state index contributed by atoms with van der Waals surface area (Å²) < 4.78 is 0. The second kappa shape index (κ2) is 6.06. The van der Waals surface area contributed by atoms with E-state index in [-0.39, 0.29) is 6.10 Å². The fourth-order valence-corrected chi connectivity index (χ4v) is 1.30. The van der Waals surface area contributed by atoms with Crippen molar-refractivity contribution >= 4 is 0 Å². The Morgan fingerprint density at radius 2 is 2.08 bits per heavy atom. The first-order valence-corrected chi connectivity index (χ1v) is 4.78. The van der Waals surface area contributed by atoms with Crippen molar-refractivity contribution in [2.75, 3.05) is 13.1 Å². The van der Waals surface area contributed by atoms with Crippen LogP contribution in [0.3, 0.4) is 0 Å². The quantitative estimate of drug-likeness (QED) is 0.652. The summed E-state index contributed by atoms with van der Waals surface area (Å²) in [5, 5.41) is 9.25. The van der Waals surface area contributed by atoms with Crippen molar-refractivity contribution in [2.45, 2.75) is 39.7 Å². The molecule has 1 N–H and O–H groups in total. The number of piperidine rings is 1. The number of rotatable bonds is 1. The van der Waals surface area contributed by atoms with Crippen LogP contribution in [0.2, 0.25) is 0 Å². The van der Waals surface area contributed by atoms with E-state index in [0.717, 1.165) is 31.6 Å². The summed E-state index contributed by atoms with van der Waals surface area (Å²) in [6.07, 6.45) is 1.91. The molecule has 0 radical (unpaired) electrons. The molecule has 1 rings (SSSR count). The summed E-state index contributed by atoms with van der Waals surface area (Å²) >= 11 is 0. The van der Waals surface area contributed by atoms with Crippen molar-refractivity contribution in [1.82, 2.24) is 4.90 Å². The Labute approximate surface area is 75.9 Å². The van der Waals surface area contributed by atoms with Gasteiger partial charge in [0.2, 0.25) is 0 Å². The maximum atomic E-state index is 9.25. The lowest BCUT2D eigenvalue weighted by Crippen LogP contribution is -2.36. The van der Waals surface area contributed by atoms with E-state index in [1.807, 2.05) is 20.8 Å². The highest BCUT2D eigenvalue weighted by Gasteiger charge is 2.16. The average molecular weight is 171 g/mol. The number of β-amino-alcohol motifs (C(OH)–C–C–N with tert-alkyl or cyclic N) is 1. The number of allylic oxidation sites excluding steroid dienone is 1. The third-order valence-electron chi connectivity index (χ3n) is 1.94. The van der Waals surface area contributed by atoms with Gasteiger partial charge in [0.1, 0.15) is 0 Å². The molecule has 1 unspecified atom stereocenters. The van der Waals surface area contributed by atoms with Crippen LogP contribution in [-0.2, 0) is 0 Å². The van der Waals surface area contributed by atoms with Crippen LogP contribution in [0.4, 0.5) is 0 Å². The number of aliphatic hydroxyl groups is 1. The second-order valence-corrected chi connectivity index (χ2v) is 2.98. The molecule has 0 bridgehead atoms. The summed E-state index contributed by atoms with van der Waals surface area (Å²) in [4.78, 5) is 2.13. The number of aliphatic hydroxyl groups excluding tert-OH is 1. The molecule has 1 aliphatic rings. The SMILES string of the molecule is C=C(C)N1CCCC(O)C1.CC. The molecular weight excluding hydrogens is 150 g/mol. The van der Waals surface area contributed by atoms with Crippen LogP contribution in [0, 0.1) is 0 Å². The Morgan fingerprint density at radius 3 is 2.42 bits per heavy atom. The molecule has 72 valence electrons. The van der Waals surface area contributed by atoms with Gasteiger partial charge in [-0.2, -0.15) is 0 Å². The van der Waals surface area contributed by atoms with Gasteiger partial charge in [0.25, 0.3) is 0 Å². The molecule has 1 saturated heterocycles. The molecule has 1 atom stereocenters. The highest BCUT2D eigenvalue weighted by Crippen LogP contribution is 2.12. The Kier molecular flexibility index (Phi) is 5.81. The Morgan fingerprint density at radius 1 is 1.50 bits per heavy atom. The maximum absolute atomic E-state index is 9.25. The molecule has 0 aromatic rings. The van der Waals surface area contributed by atoms with Crippen molar-refractivity contribution in [2.24, 2.45) is 0 Å². The molecule has 0 aromatic carbocycles. The molecule has 1 fully saturated rings. The van der Waals surface area contributed by atoms with Crippen molar-refractivity contribution in [3.8, 4) is 0 Å². The van der Waals surface area contributed by atoms with Gasteiger partial charge < -0.3 is 10.0 Å². The largest absolute Gasteiger partial charge is 0.391 e. The van der Waals surface area contributed by atoms with Crippen LogP contribution in [0.15, 0.2) is 12.3 Å². The van der Waals surface area contributed by atoms with Crippen molar-refractivity contribution < 1.29 is 5.11 Å². The minimum absolute atomic E-state index is 0.134. The summed E-state index contributed by atoms with van der Waals surface area (Å²) in [7, 11) is 0. The van der Waals surface area contributed by atoms with E-state index in [4.69, 9.17) is 0 Å². The van der Waals surface area contributed by atoms with Gasteiger partial charge in [-0.3, -0.25) is 0 Å². The normalized spacial score (nSPS) is 22.7. The molecule has 0 aliphatic carbocycles. The Balaban J connectivity index is 0.000000561. The Hall–Kier alpha value is -0.500. The van der Waals surface area contributed by atoms with Gasteiger partial charge in [0.05, 0.1) is 6.10 Å². The molecule has 0 spiro atoms. The van der Waals surface area contributed by atoms with E-state index in [1.165, 1.54) is 0 Å². The summed E-state index contributed by atoms with van der Waals surface area (Å²) in [6, 6.07) is 0. The van der Waals surface area contributed by atoms with Gasteiger partial charge >= 0.3 is 0 Å². The number of hydrogen-bond donors (Lipinski definition) is 1. The van der Waals surface area contributed by atoms with Gasteiger partial charge in [-0.05, 0) is 19.8 Å². The summed E-state index contributed by atoms with van der Waals surface area (Å²) in [5.41, 5.74) is 1.07. The van der Waals surface area contributed by atoms with E-state index in [9.17, 15) is 5.11 Å². The first kappa shape index (κ1) is 11.5. The number of hydrogen-bond acceptors (Lipinski definition) is 2. The average Bonchev–Trinajstić information content (AvgIpc) is 2.08. The van der Waals surface area contributed by atoms with Gasteiger partial charge in [-0.25, -0.2) is 0 Å². The lowest BCUT2D eigenvalue weighted by molar-refractivity contribution is 0.0883. The molecule has 2 heteroatoms. The van der Waals surface area contributed by atoms with Gasteiger partial charge in [0, 0.05) is 18.8 Å². The molecule has 0 saturated carbocycles. The van der Waals surface area contributed by atoms with Crippen molar-refractivity contribution in [3.63, 3.8) is 0 Å². The summed E-state index contributed by atoms with van der Waals surface area (Å²) in [6.45, 7) is 11.6. The lowest BCUT2D eigenvalue weighted by atomic mass is 10.1. The first-order valence-electron chi connectivity index (χ1n) is 4.78. The second-order valence-electron chi connectivity index (χ2n) is 2.98. The van der Waals surface area contributed by atoms with Gasteiger partial charge in [-0.15, -0.1) is 0 Å². The fourth-order valence-electron chi connectivity index (χ4n) is 1.30. The number of nitrogens with zero attached hydrogens (tertiary/aromatic N) is 1. The molecule has 1 heterocycles. The van der Waals surface area contributed by atoms with Crippen molar-refractivity contribution in [1.29, 1.82) is 0 Å². The molecule has 0 amide bonds. The lowest BCUT2D eigenvalue weighted by Gasteiger charge is -2.31. The Bertz CT molecular complexity index is 134. The minimum atomic E-state index is -0.134. The molecule has 1 aliphatic heterocycles. The maximum Gasteiger partial charge on any atom is 0.0715 e. The summed E-state index contributed by atoms with van der Waals surface area (Å²) in [5.74, 6) is 0. The highest BCUT2D eigenvalue weighted by atomic mass is 16.3. The smallest absolute Gasteiger partial charge is 0.0715 e. The zero-order chi connectivity index (χ0) is 9.56. The van der Waals surface area contributed by atoms with Crippen molar-refractivity contribution in [3.05, 3.63) is 12.3 Å². The van der Waals surface area contributed by atoms with Crippen LogP contribution in [0.1, 0.15) is 33.6 Å². The molecule has 0 aromatic heterocycles. The van der Waals surface area contributed by atoms with E-state index in [0.29, 0.717) is 0 Å². The molecule has 2 nitrogen and oxygen atoms in total. The minimum Gasteiger partial charge on any atom is -0.391 e. The zero-order valence-electron chi connectivity index (χ0n) is 8.51. The van der Waals surface area contributed by atoms with Crippen LogP contribution in [0.25, 0.3) is 0 Å². The van der Waals surface area contributed by atoms with Crippen LogP contribution >= 0.6 is 0 Å². The zero-order valence-corrected chi connectivity index (χ0v) is 8.51. The monoisotopic (exact) mass is 171 g/mol. The number of likely N-dealkylation sites (tertiary alicyclic amines) is 1. The predicted octanol–water partition coefficient (Wildman–Crippen LogP) is 2.00. The topological polar surface area (TPSA) is 23.5 Å². The van der Waals surface area contributed by atoms with Crippen LogP contribution < -0.4 is 0 Å². The van der Waals surface area contributed by atoms with Gasteiger partial charge in [-0.1, -0.05) is 20.4 Å².